The molecule has 2 heteroatoms. The summed E-state index contributed by atoms with van der Waals surface area (Å²) in [7, 11) is 0. The maximum atomic E-state index is 5.81. The van der Waals surface area contributed by atoms with Crippen molar-refractivity contribution < 1.29 is 4.74 Å². The van der Waals surface area contributed by atoms with Crippen molar-refractivity contribution in [3.63, 3.8) is 0 Å². The molecule has 0 aromatic heterocycles. The summed E-state index contributed by atoms with van der Waals surface area (Å²) in [6.07, 6.45) is 2.43. The lowest BCUT2D eigenvalue weighted by atomic mass is 10.2. The van der Waals surface area contributed by atoms with Crippen LogP contribution in [0.4, 0.5) is 5.69 Å². The monoisotopic (exact) mass is 283 g/mol. The average Bonchev–Trinajstić information content (AvgIpc) is 2.56. The van der Waals surface area contributed by atoms with Crippen LogP contribution >= 0.6 is 0 Å². The lowest BCUT2D eigenvalue weighted by Crippen LogP contribution is -2.28. The van der Waals surface area contributed by atoms with Crippen LogP contribution in [0.5, 0.6) is 0 Å². The zero-order chi connectivity index (χ0) is 14.8. The molecule has 0 saturated carbocycles. The Morgan fingerprint density at radius 3 is 2.19 bits per heavy atom. The molecule has 0 saturated heterocycles. The van der Waals surface area contributed by atoms with Gasteiger partial charge in [0.15, 0.2) is 0 Å². The maximum Gasteiger partial charge on any atom is 0.0717 e. The smallest absolute Gasteiger partial charge is 0.0717 e. The lowest BCUT2D eigenvalue weighted by Gasteiger charge is -2.24. The molecule has 0 bridgehead atoms. The third kappa shape index (κ3) is 5.60. The molecule has 21 heavy (non-hydrogen) atoms. The first-order valence-electron chi connectivity index (χ1n) is 7.82. The number of hydrogen-bond donors (Lipinski definition) is 0. The first-order chi connectivity index (χ1) is 10.4. The van der Waals surface area contributed by atoms with Crippen molar-refractivity contribution in [1.82, 2.24) is 0 Å². The molecule has 2 aromatic carbocycles. The quantitative estimate of drug-likeness (QED) is 0.628. The van der Waals surface area contributed by atoms with Crippen LogP contribution in [0.3, 0.4) is 0 Å². The Balaban J connectivity index is 1.79. The topological polar surface area (TPSA) is 12.5 Å². The van der Waals surface area contributed by atoms with Gasteiger partial charge in [-0.1, -0.05) is 61.9 Å². The van der Waals surface area contributed by atoms with E-state index in [0.717, 1.165) is 19.7 Å². The van der Waals surface area contributed by atoms with Crippen LogP contribution in [-0.2, 0) is 11.3 Å². The molecule has 0 amide bonds. The molecule has 0 unspecified atom stereocenters. The maximum absolute atomic E-state index is 5.81. The molecule has 0 N–H and O–H groups in total. The Morgan fingerprint density at radius 1 is 0.857 bits per heavy atom. The van der Waals surface area contributed by atoms with Gasteiger partial charge in [-0.25, -0.2) is 0 Å². The van der Waals surface area contributed by atoms with Crippen molar-refractivity contribution in [1.29, 1.82) is 0 Å². The van der Waals surface area contributed by atoms with Crippen LogP contribution in [0.2, 0.25) is 0 Å². The molecular weight excluding hydrogens is 258 g/mol. The second-order valence-electron chi connectivity index (χ2n) is 5.21. The normalized spacial score (nSPS) is 10.5. The van der Waals surface area contributed by atoms with Crippen LogP contribution in [0.1, 0.15) is 25.3 Å². The molecule has 0 spiro atoms. The Bertz CT molecular complexity index is 483. The minimum absolute atomic E-state index is 0.692. The molecule has 0 heterocycles. The van der Waals surface area contributed by atoms with E-state index in [2.05, 4.69) is 66.4 Å². The van der Waals surface area contributed by atoms with Crippen molar-refractivity contribution in [2.45, 2.75) is 26.4 Å². The van der Waals surface area contributed by atoms with Gasteiger partial charge in [0.05, 0.1) is 13.2 Å². The molecule has 0 aliphatic rings. The van der Waals surface area contributed by atoms with Gasteiger partial charge < -0.3 is 9.64 Å². The molecule has 112 valence electrons. The molecule has 0 atom stereocenters. The molecule has 2 aromatic rings. The Hall–Kier alpha value is -1.80. The molecule has 0 aliphatic heterocycles. The van der Waals surface area contributed by atoms with Gasteiger partial charge in [0.2, 0.25) is 0 Å². The van der Waals surface area contributed by atoms with Gasteiger partial charge in [-0.2, -0.15) is 0 Å². The average molecular weight is 283 g/mol. The molecular formula is C19H25NO. The van der Waals surface area contributed by atoms with E-state index < -0.39 is 0 Å². The van der Waals surface area contributed by atoms with Gasteiger partial charge in [0.25, 0.3) is 0 Å². The fraction of sp³-hybridized carbons (Fsp3) is 0.368. The second-order valence-corrected chi connectivity index (χ2v) is 5.21. The van der Waals surface area contributed by atoms with E-state index in [9.17, 15) is 0 Å². The predicted octanol–water partition coefficient (Wildman–Crippen LogP) is 4.51. The number of anilines is 1. The summed E-state index contributed by atoms with van der Waals surface area (Å²) in [5.74, 6) is 0. The Kier molecular flexibility index (Phi) is 6.82. The Labute approximate surface area is 128 Å². The summed E-state index contributed by atoms with van der Waals surface area (Å²) < 4.78 is 5.81. The number of para-hydroxylation sites is 1. The van der Waals surface area contributed by atoms with E-state index >= 15 is 0 Å². The number of hydrogen-bond acceptors (Lipinski definition) is 2. The highest BCUT2D eigenvalue weighted by atomic mass is 16.5. The van der Waals surface area contributed by atoms with Crippen molar-refractivity contribution in [3.8, 4) is 0 Å². The first-order valence-corrected chi connectivity index (χ1v) is 7.82. The second kappa shape index (κ2) is 9.19. The van der Waals surface area contributed by atoms with Crippen molar-refractivity contribution in [2.75, 3.05) is 24.6 Å². The highest BCUT2D eigenvalue weighted by Gasteiger charge is 2.05. The van der Waals surface area contributed by atoms with Gasteiger partial charge >= 0.3 is 0 Å². The molecule has 0 fully saturated rings. The standard InChI is InChI=1S/C19H25NO/c1-2-3-14-20(19-12-8-5-9-13-19)15-16-21-17-18-10-6-4-7-11-18/h4-13H,2-3,14-17H2,1H3. The third-order valence-electron chi connectivity index (χ3n) is 3.52. The minimum Gasteiger partial charge on any atom is -0.375 e. The van der Waals surface area contributed by atoms with Crippen LogP contribution < -0.4 is 4.90 Å². The number of benzene rings is 2. The molecule has 0 radical (unpaired) electrons. The van der Waals surface area contributed by atoms with E-state index in [-0.39, 0.29) is 0 Å². The largest absolute Gasteiger partial charge is 0.375 e. The number of rotatable bonds is 9. The fourth-order valence-corrected chi connectivity index (χ4v) is 2.30. The van der Waals surface area contributed by atoms with Crippen molar-refractivity contribution in [3.05, 3.63) is 66.2 Å². The minimum atomic E-state index is 0.692. The van der Waals surface area contributed by atoms with E-state index in [4.69, 9.17) is 4.74 Å². The van der Waals surface area contributed by atoms with Crippen molar-refractivity contribution in [2.24, 2.45) is 0 Å². The highest BCUT2D eigenvalue weighted by Crippen LogP contribution is 2.14. The van der Waals surface area contributed by atoms with E-state index in [0.29, 0.717) is 6.61 Å². The molecule has 2 nitrogen and oxygen atoms in total. The van der Waals surface area contributed by atoms with E-state index in [1.54, 1.807) is 0 Å². The van der Waals surface area contributed by atoms with Crippen LogP contribution in [-0.4, -0.2) is 19.7 Å². The van der Waals surface area contributed by atoms with Crippen LogP contribution in [0.15, 0.2) is 60.7 Å². The van der Waals surface area contributed by atoms with Gasteiger partial charge in [-0.3, -0.25) is 0 Å². The van der Waals surface area contributed by atoms with Crippen molar-refractivity contribution >= 4 is 5.69 Å². The summed E-state index contributed by atoms with van der Waals surface area (Å²) in [6.45, 7) is 5.71. The fourth-order valence-electron chi connectivity index (χ4n) is 2.30. The van der Waals surface area contributed by atoms with Gasteiger partial charge in [-0.15, -0.1) is 0 Å². The van der Waals surface area contributed by atoms with E-state index in [1.165, 1.54) is 24.1 Å². The molecule has 2 rings (SSSR count). The van der Waals surface area contributed by atoms with E-state index in [1.807, 2.05) is 6.07 Å². The molecule has 0 aliphatic carbocycles. The number of unbranched alkanes of at least 4 members (excludes halogenated alkanes) is 1. The lowest BCUT2D eigenvalue weighted by molar-refractivity contribution is 0.126. The Morgan fingerprint density at radius 2 is 1.52 bits per heavy atom. The van der Waals surface area contributed by atoms with Gasteiger partial charge in [-0.05, 0) is 24.1 Å². The third-order valence-corrected chi connectivity index (χ3v) is 3.52. The highest BCUT2D eigenvalue weighted by molar-refractivity contribution is 5.45. The number of nitrogens with zero attached hydrogens (tertiary/aromatic N) is 1. The van der Waals surface area contributed by atoms with Gasteiger partial charge in [0, 0.05) is 18.8 Å². The predicted molar refractivity (Wildman–Crippen MR) is 89.7 cm³/mol. The zero-order valence-electron chi connectivity index (χ0n) is 12.9. The van der Waals surface area contributed by atoms with Gasteiger partial charge in [0.1, 0.15) is 0 Å². The first kappa shape index (κ1) is 15.6. The SMILES string of the molecule is CCCCN(CCOCc1ccccc1)c1ccccc1. The summed E-state index contributed by atoms with van der Waals surface area (Å²) in [5.41, 5.74) is 2.52. The summed E-state index contributed by atoms with van der Waals surface area (Å²) >= 11 is 0. The van der Waals surface area contributed by atoms with Crippen LogP contribution in [0, 0.1) is 0 Å². The van der Waals surface area contributed by atoms with Crippen LogP contribution in [0.25, 0.3) is 0 Å². The summed E-state index contributed by atoms with van der Waals surface area (Å²) in [4.78, 5) is 2.41. The summed E-state index contributed by atoms with van der Waals surface area (Å²) in [6, 6.07) is 20.9. The summed E-state index contributed by atoms with van der Waals surface area (Å²) in [5, 5.41) is 0. The zero-order valence-corrected chi connectivity index (χ0v) is 12.9. The number of ether oxygens (including phenoxy) is 1.